The van der Waals surface area contributed by atoms with E-state index < -0.39 is 11.9 Å². The minimum atomic E-state index is -0.786. The average Bonchev–Trinajstić information content (AvgIpc) is 2.40. The standard InChI is InChI=1S/C12H20N2O3S/c15-11(10-7-18-6-5-13-10)14-9-4-2-1-3-8(9)12(16)17/h8-10,13H,1-7H2,(H,14,15)(H,16,17). The molecular weight excluding hydrogens is 252 g/mol. The van der Waals surface area contributed by atoms with Crippen LogP contribution in [-0.2, 0) is 9.59 Å². The van der Waals surface area contributed by atoms with E-state index in [0.29, 0.717) is 6.42 Å². The number of thioether (sulfide) groups is 1. The van der Waals surface area contributed by atoms with E-state index >= 15 is 0 Å². The number of carboxylic acid groups (broad SMARTS) is 1. The van der Waals surface area contributed by atoms with Crippen molar-refractivity contribution in [1.82, 2.24) is 10.6 Å². The molecule has 2 fully saturated rings. The van der Waals surface area contributed by atoms with Crippen LogP contribution in [0.2, 0.25) is 0 Å². The summed E-state index contributed by atoms with van der Waals surface area (Å²) in [5.74, 6) is 0.562. The molecule has 0 aromatic rings. The molecule has 3 N–H and O–H groups in total. The molecule has 0 radical (unpaired) electrons. The summed E-state index contributed by atoms with van der Waals surface area (Å²) in [6.45, 7) is 0.843. The zero-order valence-electron chi connectivity index (χ0n) is 10.4. The first-order chi connectivity index (χ1) is 8.68. The molecule has 1 amide bonds. The van der Waals surface area contributed by atoms with Crippen molar-refractivity contribution in [2.45, 2.75) is 37.8 Å². The summed E-state index contributed by atoms with van der Waals surface area (Å²) in [6, 6.07) is -0.363. The van der Waals surface area contributed by atoms with Gasteiger partial charge in [0.1, 0.15) is 0 Å². The number of aliphatic carboxylic acids is 1. The van der Waals surface area contributed by atoms with Gasteiger partial charge in [0.05, 0.1) is 12.0 Å². The number of nitrogens with one attached hydrogen (secondary N) is 2. The van der Waals surface area contributed by atoms with Gasteiger partial charge in [-0.3, -0.25) is 9.59 Å². The third-order valence-electron chi connectivity index (χ3n) is 3.65. The Morgan fingerprint density at radius 3 is 2.72 bits per heavy atom. The van der Waals surface area contributed by atoms with Crippen molar-refractivity contribution in [3.05, 3.63) is 0 Å². The summed E-state index contributed by atoms with van der Waals surface area (Å²) in [7, 11) is 0. The summed E-state index contributed by atoms with van der Waals surface area (Å²) in [5, 5.41) is 15.3. The average molecular weight is 272 g/mol. The second kappa shape index (κ2) is 6.43. The number of hydrogen-bond donors (Lipinski definition) is 3. The van der Waals surface area contributed by atoms with Crippen LogP contribution in [0.3, 0.4) is 0 Å². The molecule has 3 atom stereocenters. The van der Waals surface area contributed by atoms with E-state index in [9.17, 15) is 9.59 Å². The van der Waals surface area contributed by atoms with Gasteiger partial charge in [0.15, 0.2) is 0 Å². The third kappa shape index (κ3) is 3.38. The molecule has 2 aliphatic rings. The van der Waals surface area contributed by atoms with Crippen LogP contribution in [0.1, 0.15) is 25.7 Å². The van der Waals surface area contributed by atoms with Crippen molar-refractivity contribution in [3.8, 4) is 0 Å². The van der Waals surface area contributed by atoms with E-state index in [4.69, 9.17) is 5.11 Å². The van der Waals surface area contributed by atoms with Gasteiger partial charge < -0.3 is 15.7 Å². The molecule has 0 aromatic carbocycles. The van der Waals surface area contributed by atoms with Gasteiger partial charge in [-0.05, 0) is 12.8 Å². The Morgan fingerprint density at radius 1 is 1.28 bits per heavy atom. The topological polar surface area (TPSA) is 78.4 Å². The Kier molecular flexibility index (Phi) is 4.88. The zero-order valence-corrected chi connectivity index (χ0v) is 11.2. The fourth-order valence-electron chi connectivity index (χ4n) is 2.62. The first-order valence-electron chi connectivity index (χ1n) is 6.53. The Hall–Kier alpha value is -0.750. The molecule has 3 unspecified atom stereocenters. The number of amides is 1. The largest absolute Gasteiger partial charge is 0.481 e. The van der Waals surface area contributed by atoms with E-state index in [1.807, 2.05) is 0 Å². The van der Waals surface area contributed by atoms with Gasteiger partial charge in [-0.2, -0.15) is 11.8 Å². The molecule has 1 aliphatic heterocycles. The highest BCUT2D eigenvalue weighted by molar-refractivity contribution is 7.99. The van der Waals surface area contributed by atoms with Crippen molar-refractivity contribution >= 4 is 23.6 Å². The normalized spacial score (nSPS) is 32.8. The number of carbonyl (C=O) groups excluding carboxylic acids is 1. The molecule has 1 heterocycles. The maximum Gasteiger partial charge on any atom is 0.308 e. The predicted molar refractivity (Wildman–Crippen MR) is 70.6 cm³/mol. The fourth-order valence-corrected chi connectivity index (χ4v) is 3.55. The Bertz CT molecular complexity index is 318. The van der Waals surface area contributed by atoms with E-state index in [-0.39, 0.29) is 18.0 Å². The first-order valence-corrected chi connectivity index (χ1v) is 7.68. The summed E-state index contributed by atoms with van der Waals surface area (Å²) in [6.07, 6.45) is 3.40. The van der Waals surface area contributed by atoms with Crippen molar-refractivity contribution < 1.29 is 14.7 Å². The van der Waals surface area contributed by atoms with Crippen molar-refractivity contribution in [2.24, 2.45) is 5.92 Å². The van der Waals surface area contributed by atoms with E-state index in [0.717, 1.165) is 37.3 Å². The summed E-state index contributed by atoms with van der Waals surface area (Å²) in [5.41, 5.74) is 0. The van der Waals surface area contributed by atoms with Crippen molar-refractivity contribution in [1.29, 1.82) is 0 Å². The minimum absolute atomic E-state index is 0.0413. The predicted octanol–water partition coefficient (Wildman–Crippen LogP) is 0.451. The summed E-state index contributed by atoms with van der Waals surface area (Å²) >= 11 is 1.76. The molecule has 5 nitrogen and oxygen atoms in total. The van der Waals surface area contributed by atoms with Gasteiger partial charge in [-0.15, -0.1) is 0 Å². The van der Waals surface area contributed by atoms with Gasteiger partial charge in [0, 0.05) is 24.1 Å². The zero-order chi connectivity index (χ0) is 13.0. The van der Waals surface area contributed by atoms with Gasteiger partial charge in [-0.1, -0.05) is 12.8 Å². The molecule has 0 spiro atoms. The third-order valence-corrected chi connectivity index (χ3v) is 4.71. The number of hydrogen-bond acceptors (Lipinski definition) is 4. The Labute approximate surface area is 111 Å². The lowest BCUT2D eigenvalue weighted by Crippen LogP contribution is -2.54. The lowest BCUT2D eigenvalue weighted by molar-refractivity contribution is -0.144. The quantitative estimate of drug-likeness (QED) is 0.695. The van der Waals surface area contributed by atoms with Gasteiger partial charge in [0.25, 0.3) is 0 Å². The second-order valence-electron chi connectivity index (χ2n) is 4.93. The lowest BCUT2D eigenvalue weighted by atomic mass is 9.84. The molecular formula is C12H20N2O3S. The molecule has 1 aliphatic carbocycles. The molecule has 2 rings (SSSR count). The molecule has 1 saturated heterocycles. The number of carboxylic acids is 1. The Morgan fingerprint density at radius 2 is 2.06 bits per heavy atom. The van der Waals surface area contributed by atoms with Crippen LogP contribution in [0, 0.1) is 5.92 Å². The monoisotopic (exact) mass is 272 g/mol. The molecule has 18 heavy (non-hydrogen) atoms. The molecule has 102 valence electrons. The van der Waals surface area contributed by atoms with Gasteiger partial charge in [0.2, 0.25) is 5.91 Å². The summed E-state index contributed by atoms with van der Waals surface area (Å²) in [4.78, 5) is 23.2. The number of carbonyl (C=O) groups is 2. The molecule has 6 heteroatoms. The van der Waals surface area contributed by atoms with Gasteiger partial charge in [-0.25, -0.2) is 0 Å². The van der Waals surface area contributed by atoms with Gasteiger partial charge >= 0.3 is 5.97 Å². The highest BCUT2D eigenvalue weighted by Gasteiger charge is 2.33. The second-order valence-corrected chi connectivity index (χ2v) is 6.08. The van der Waals surface area contributed by atoms with Crippen LogP contribution in [-0.4, -0.2) is 47.1 Å². The van der Waals surface area contributed by atoms with E-state index in [1.54, 1.807) is 11.8 Å². The maximum absolute atomic E-state index is 12.1. The van der Waals surface area contributed by atoms with Crippen molar-refractivity contribution in [2.75, 3.05) is 18.1 Å². The number of rotatable bonds is 3. The molecule has 1 saturated carbocycles. The molecule has 0 aromatic heterocycles. The van der Waals surface area contributed by atoms with Crippen molar-refractivity contribution in [3.63, 3.8) is 0 Å². The smallest absolute Gasteiger partial charge is 0.308 e. The van der Waals surface area contributed by atoms with Crippen LogP contribution < -0.4 is 10.6 Å². The van der Waals surface area contributed by atoms with Crippen LogP contribution >= 0.6 is 11.8 Å². The van der Waals surface area contributed by atoms with Crippen LogP contribution in [0.4, 0.5) is 0 Å². The van der Waals surface area contributed by atoms with Crippen LogP contribution in [0.5, 0.6) is 0 Å². The highest BCUT2D eigenvalue weighted by atomic mass is 32.2. The van der Waals surface area contributed by atoms with E-state index in [1.165, 1.54) is 0 Å². The first kappa shape index (κ1) is 13.7. The maximum atomic E-state index is 12.1. The SMILES string of the molecule is O=C(NC1CCCCC1C(=O)O)C1CSCCN1. The highest BCUT2D eigenvalue weighted by Crippen LogP contribution is 2.24. The Balaban J connectivity index is 1.89. The minimum Gasteiger partial charge on any atom is -0.481 e. The van der Waals surface area contributed by atoms with E-state index in [2.05, 4.69) is 10.6 Å². The van der Waals surface area contributed by atoms with Crippen LogP contribution in [0.15, 0.2) is 0 Å². The summed E-state index contributed by atoms with van der Waals surface area (Å²) < 4.78 is 0. The van der Waals surface area contributed by atoms with Crippen LogP contribution in [0.25, 0.3) is 0 Å². The molecule has 0 bridgehead atoms. The fraction of sp³-hybridized carbons (Fsp3) is 0.833. The lowest BCUT2D eigenvalue weighted by Gasteiger charge is -2.31.